The van der Waals surface area contributed by atoms with Crippen molar-refractivity contribution in [2.24, 2.45) is 0 Å². The van der Waals surface area contributed by atoms with E-state index < -0.39 is 6.04 Å². The Hall–Kier alpha value is -1.34. The molecule has 21 heavy (non-hydrogen) atoms. The van der Waals surface area contributed by atoms with E-state index in [1.54, 1.807) is 24.0 Å². The molecule has 0 aliphatic heterocycles. The monoisotopic (exact) mass is 373 g/mol. The Kier molecular flexibility index (Phi) is 5.05. The van der Waals surface area contributed by atoms with E-state index in [0.717, 1.165) is 22.4 Å². The van der Waals surface area contributed by atoms with Gasteiger partial charge >= 0.3 is 0 Å². The molecule has 1 amide bonds. The molecule has 2 heterocycles. The molecule has 0 aliphatic carbocycles. The van der Waals surface area contributed by atoms with Gasteiger partial charge in [-0.3, -0.25) is 14.2 Å². The summed E-state index contributed by atoms with van der Waals surface area (Å²) in [5.74, 6) is -0.117. The Morgan fingerprint density at radius 2 is 2.19 bits per heavy atom. The number of hydrogen-bond donors (Lipinski definition) is 1. The molecular weight excluding hydrogens is 358 g/mol. The first-order valence-electron chi connectivity index (χ1n) is 6.63. The highest BCUT2D eigenvalue weighted by Crippen LogP contribution is 2.19. The van der Waals surface area contributed by atoms with Gasteiger partial charge in [0.2, 0.25) is 5.91 Å². The van der Waals surface area contributed by atoms with Crippen molar-refractivity contribution < 1.29 is 4.79 Å². The first-order chi connectivity index (χ1) is 9.95. The van der Waals surface area contributed by atoms with E-state index in [9.17, 15) is 4.79 Å². The minimum absolute atomic E-state index is 0.117. The molecule has 0 saturated heterocycles. The Morgan fingerprint density at radius 1 is 1.48 bits per heavy atom. The second-order valence-electron chi connectivity index (χ2n) is 4.67. The van der Waals surface area contributed by atoms with E-state index >= 15 is 0 Å². The van der Waals surface area contributed by atoms with Gasteiger partial charge in [-0.05, 0) is 36.7 Å². The van der Waals surface area contributed by atoms with Crippen molar-refractivity contribution >= 4 is 33.4 Å². The fraction of sp³-hybridized carbons (Fsp3) is 0.462. The Balaban J connectivity index is 2.05. The van der Waals surface area contributed by atoms with Crippen LogP contribution in [0.3, 0.4) is 0 Å². The molecule has 0 aliphatic rings. The fourth-order valence-electron chi connectivity index (χ4n) is 2.06. The lowest BCUT2D eigenvalue weighted by molar-refractivity contribution is -0.124. The SMILES string of the molecule is CCn1ncc(Br)c1CNC(=O)C(C)n1ncc(Cl)c1C. The molecule has 0 bridgehead atoms. The average Bonchev–Trinajstić information content (AvgIpc) is 2.99. The highest BCUT2D eigenvalue weighted by Gasteiger charge is 2.19. The smallest absolute Gasteiger partial charge is 0.244 e. The van der Waals surface area contributed by atoms with Crippen molar-refractivity contribution in [2.75, 3.05) is 0 Å². The van der Waals surface area contributed by atoms with E-state index in [1.807, 2.05) is 18.5 Å². The van der Waals surface area contributed by atoms with Crippen LogP contribution < -0.4 is 5.32 Å². The predicted octanol–water partition coefficient (Wildman–Crippen LogP) is 2.70. The summed E-state index contributed by atoms with van der Waals surface area (Å²) >= 11 is 9.40. The zero-order chi connectivity index (χ0) is 15.6. The molecule has 1 N–H and O–H groups in total. The molecule has 1 unspecified atom stereocenters. The molecule has 2 aromatic heterocycles. The van der Waals surface area contributed by atoms with Crippen LogP contribution in [0, 0.1) is 6.92 Å². The number of rotatable bonds is 5. The summed E-state index contributed by atoms with van der Waals surface area (Å²) in [5, 5.41) is 11.8. The number of halogens is 2. The van der Waals surface area contributed by atoms with E-state index in [0.29, 0.717) is 11.6 Å². The van der Waals surface area contributed by atoms with Crippen molar-refractivity contribution in [1.29, 1.82) is 0 Å². The van der Waals surface area contributed by atoms with Gasteiger partial charge in [-0.2, -0.15) is 10.2 Å². The maximum atomic E-state index is 12.3. The van der Waals surface area contributed by atoms with Crippen LogP contribution in [0.25, 0.3) is 0 Å². The van der Waals surface area contributed by atoms with Gasteiger partial charge in [-0.1, -0.05) is 11.6 Å². The number of nitrogens with zero attached hydrogens (tertiary/aromatic N) is 4. The Morgan fingerprint density at radius 3 is 2.76 bits per heavy atom. The third kappa shape index (κ3) is 3.29. The van der Waals surface area contributed by atoms with Crippen LogP contribution in [0.2, 0.25) is 5.02 Å². The van der Waals surface area contributed by atoms with Gasteiger partial charge < -0.3 is 5.32 Å². The van der Waals surface area contributed by atoms with Crippen molar-refractivity contribution in [3.63, 3.8) is 0 Å². The molecule has 0 aromatic carbocycles. The minimum Gasteiger partial charge on any atom is -0.349 e. The largest absolute Gasteiger partial charge is 0.349 e. The molecule has 6 nitrogen and oxygen atoms in total. The number of carbonyl (C=O) groups excluding carboxylic acids is 1. The summed E-state index contributed by atoms with van der Waals surface area (Å²) < 4.78 is 4.34. The topological polar surface area (TPSA) is 64.7 Å². The number of carbonyl (C=O) groups is 1. The Labute approximate surface area is 136 Å². The second kappa shape index (κ2) is 6.62. The predicted molar refractivity (Wildman–Crippen MR) is 84.1 cm³/mol. The fourth-order valence-corrected chi connectivity index (χ4v) is 2.63. The van der Waals surface area contributed by atoms with Crippen LogP contribution in [0.1, 0.15) is 31.3 Å². The first kappa shape index (κ1) is 16.0. The number of hydrogen-bond acceptors (Lipinski definition) is 3. The summed E-state index contributed by atoms with van der Waals surface area (Å²) in [6, 6.07) is -0.422. The maximum Gasteiger partial charge on any atom is 0.244 e. The summed E-state index contributed by atoms with van der Waals surface area (Å²) in [7, 11) is 0. The minimum atomic E-state index is -0.422. The quantitative estimate of drug-likeness (QED) is 0.875. The first-order valence-corrected chi connectivity index (χ1v) is 7.80. The average molecular weight is 375 g/mol. The van der Waals surface area contributed by atoms with Crippen molar-refractivity contribution in [3.05, 3.63) is 33.3 Å². The van der Waals surface area contributed by atoms with Crippen molar-refractivity contribution in [1.82, 2.24) is 24.9 Å². The Bertz CT molecular complexity index is 651. The van der Waals surface area contributed by atoms with Crippen LogP contribution in [-0.2, 0) is 17.9 Å². The molecule has 2 aromatic rings. The number of amides is 1. The zero-order valence-electron chi connectivity index (χ0n) is 12.1. The molecule has 1 atom stereocenters. The molecule has 0 radical (unpaired) electrons. The van der Waals surface area contributed by atoms with E-state index in [2.05, 4.69) is 31.4 Å². The van der Waals surface area contributed by atoms with Gasteiger partial charge in [0.1, 0.15) is 6.04 Å². The number of nitrogens with one attached hydrogen (secondary N) is 1. The van der Waals surface area contributed by atoms with Crippen LogP contribution in [-0.4, -0.2) is 25.5 Å². The summed E-state index contributed by atoms with van der Waals surface area (Å²) in [4.78, 5) is 12.3. The van der Waals surface area contributed by atoms with Gasteiger partial charge in [0, 0.05) is 6.54 Å². The molecule has 0 spiro atoms. The lowest BCUT2D eigenvalue weighted by atomic mass is 10.3. The molecule has 8 heteroatoms. The summed E-state index contributed by atoms with van der Waals surface area (Å²) in [5.41, 5.74) is 1.72. The molecule has 0 fully saturated rings. The van der Waals surface area contributed by atoms with Crippen LogP contribution in [0.4, 0.5) is 0 Å². The van der Waals surface area contributed by atoms with Gasteiger partial charge in [0.25, 0.3) is 0 Å². The molecular formula is C13H17BrClN5O. The van der Waals surface area contributed by atoms with Crippen LogP contribution >= 0.6 is 27.5 Å². The second-order valence-corrected chi connectivity index (χ2v) is 5.93. The maximum absolute atomic E-state index is 12.3. The van der Waals surface area contributed by atoms with Gasteiger partial charge in [-0.25, -0.2) is 0 Å². The molecule has 114 valence electrons. The van der Waals surface area contributed by atoms with Crippen LogP contribution in [0.15, 0.2) is 16.9 Å². The van der Waals surface area contributed by atoms with E-state index in [1.165, 1.54) is 0 Å². The lowest BCUT2D eigenvalue weighted by Gasteiger charge is -2.15. The summed E-state index contributed by atoms with van der Waals surface area (Å²) in [6.45, 7) is 6.79. The highest BCUT2D eigenvalue weighted by molar-refractivity contribution is 9.10. The van der Waals surface area contributed by atoms with E-state index in [4.69, 9.17) is 11.6 Å². The van der Waals surface area contributed by atoms with Crippen molar-refractivity contribution in [2.45, 2.75) is 39.9 Å². The lowest BCUT2D eigenvalue weighted by Crippen LogP contribution is -2.32. The van der Waals surface area contributed by atoms with Crippen molar-refractivity contribution in [3.8, 4) is 0 Å². The third-order valence-electron chi connectivity index (χ3n) is 3.36. The molecule has 2 rings (SSSR count). The third-order valence-corrected chi connectivity index (χ3v) is 4.39. The number of aryl methyl sites for hydroxylation is 1. The number of aromatic nitrogens is 4. The van der Waals surface area contributed by atoms with Gasteiger partial charge in [0.15, 0.2) is 0 Å². The summed E-state index contributed by atoms with van der Waals surface area (Å²) in [6.07, 6.45) is 3.27. The van der Waals surface area contributed by atoms with Crippen LogP contribution in [0.5, 0.6) is 0 Å². The zero-order valence-corrected chi connectivity index (χ0v) is 14.4. The van der Waals surface area contributed by atoms with Gasteiger partial charge in [0.05, 0.1) is 39.8 Å². The normalized spacial score (nSPS) is 12.4. The standard InChI is InChI=1S/C13H17BrClN5O/c1-4-19-12(10(14)5-17-19)7-16-13(21)9(3)20-8(2)11(15)6-18-20/h5-6,9H,4,7H2,1-3H3,(H,16,21). The van der Waals surface area contributed by atoms with E-state index in [-0.39, 0.29) is 5.91 Å². The van der Waals surface area contributed by atoms with Gasteiger partial charge in [-0.15, -0.1) is 0 Å². The highest BCUT2D eigenvalue weighted by atomic mass is 79.9. The molecule has 0 saturated carbocycles.